The summed E-state index contributed by atoms with van der Waals surface area (Å²) >= 11 is 0. The highest BCUT2D eigenvalue weighted by Gasteiger charge is 2.02. The smallest absolute Gasteiger partial charge is 0.411 e. The van der Waals surface area contributed by atoms with E-state index in [0.717, 1.165) is 0 Å². The summed E-state index contributed by atoms with van der Waals surface area (Å²) in [4.78, 5) is 11.5. The normalized spacial score (nSPS) is 10.5. The minimum absolute atomic E-state index is 0.131. The Labute approximate surface area is 141 Å². The topological polar surface area (TPSA) is 95.5 Å². The van der Waals surface area contributed by atoms with Crippen molar-refractivity contribution in [1.29, 1.82) is 0 Å². The molecule has 0 radical (unpaired) electrons. The Morgan fingerprint density at radius 2 is 1.38 bits per heavy atom. The molecular formula is C16H25NO7. The number of amides is 1. The molecule has 0 heterocycles. The van der Waals surface area contributed by atoms with Crippen LogP contribution in [0.1, 0.15) is 0 Å². The lowest BCUT2D eigenvalue weighted by Gasteiger charge is -2.08. The lowest BCUT2D eigenvalue weighted by molar-refractivity contribution is -0.00176. The molecule has 2 N–H and O–H groups in total. The number of benzene rings is 1. The highest BCUT2D eigenvalue weighted by atomic mass is 16.6. The molecule has 0 spiro atoms. The molecule has 8 nitrogen and oxygen atoms in total. The predicted molar refractivity (Wildman–Crippen MR) is 87.4 cm³/mol. The third-order valence-electron chi connectivity index (χ3n) is 2.75. The van der Waals surface area contributed by atoms with Crippen molar-refractivity contribution in [3.05, 3.63) is 24.3 Å². The zero-order valence-electron chi connectivity index (χ0n) is 13.9. The van der Waals surface area contributed by atoms with Crippen LogP contribution in [0.25, 0.3) is 0 Å². The number of carbonyl (C=O) groups is 1. The summed E-state index contributed by atoms with van der Waals surface area (Å²) in [5.41, 5.74) is 0.542. The van der Waals surface area contributed by atoms with Crippen molar-refractivity contribution in [2.24, 2.45) is 0 Å². The number of anilines is 1. The van der Waals surface area contributed by atoms with Crippen molar-refractivity contribution in [3.63, 3.8) is 0 Å². The molecule has 1 rings (SSSR count). The predicted octanol–water partition coefficient (Wildman–Crippen LogP) is 1.64. The standard InChI is InChI=1S/C16H25NO7/c1-20-6-7-21-8-9-22-10-11-23-12-13-24-16(19)17-14-2-4-15(18)5-3-14/h2-5,18H,6-13H2,1H3,(H,17,19). The number of rotatable bonds is 13. The molecule has 0 bridgehead atoms. The third-order valence-corrected chi connectivity index (χ3v) is 2.75. The van der Waals surface area contributed by atoms with Gasteiger partial charge in [0.1, 0.15) is 12.4 Å². The van der Waals surface area contributed by atoms with Gasteiger partial charge in [-0.1, -0.05) is 0 Å². The summed E-state index contributed by atoms with van der Waals surface area (Å²) in [5, 5.41) is 11.7. The first-order valence-corrected chi connectivity index (χ1v) is 7.67. The van der Waals surface area contributed by atoms with Crippen LogP contribution < -0.4 is 5.32 Å². The lowest BCUT2D eigenvalue weighted by Crippen LogP contribution is -2.17. The second-order valence-corrected chi connectivity index (χ2v) is 4.64. The van der Waals surface area contributed by atoms with Gasteiger partial charge in [-0.05, 0) is 24.3 Å². The molecule has 1 amide bonds. The van der Waals surface area contributed by atoms with Crippen LogP contribution >= 0.6 is 0 Å². The number of hydrogen-bond acceptors (Lipinski definition) is 7. The number of aromatic hydroxyl groups is 1. The molecule has 0 aromatic heterocycles. The van der Waals surface area contributed by atoms with E-state index >= 15 is 0 Å². The fraction of sp³-hybridized carbons (Fsp3) is 0.562. The molecule has 0 aliphatic heterocycles. The van der Waals surface area contributed by atoms with Gasteiger partial charge in [-0.25, -0.2) is 4.79 Å². The Hall–Kier alpha value is -1.87. The van der Waals surface area contributed by atoms with E-state index in [1.165, 1.54) is 12.1 Å². The monoisotopic (exact) mass is 343 g/mol. The molecule has 0 atom stereocenters. The molecular weight excluding hydrogens is 318 g/mol. The molecule has 0 unspecified atom stereocenters. The minimum Gasteiger partial charge on any atom is -0.508 e. The molecule has 0 aliphatic carbocycles. The van der Waals surface area contributed by atoms with Gasteiger partial charge < -0.3 is 28.8 Å². The number of phenols is 1. The number of hydrogen-bond donors (Lipinski definition) is 2. The van der Waals surface area contributed by atoms with Gasteiger partial charge >= 0.3 is 6.09 Å². The molecule has 24 heavy (non-hydrogen) atoms. The largest absolute Gasteiger partial charge is 0.508 e. The highest BCUT2D eigenvalue weighted by molar-refractivity contribution is 5.84. The van der Waals surface area contributed by atoms with E-state index in [9.17, 15) is 4.79 Å². The Morgan fingerprint density at radius 3 is 1.92 bits per heavy atom. The van der Waals surface area contributed by atoms with E-state index in [1.807, 2.05) is 0 Å². The quantitative estimate of drug-likeness (QED) is 0.415. The Morgan fingerprint density at radius 1 is 0.875 bits per heavy atom. The highest BCUT2D eigenvalue weighted by Crippen LogP contribution is 2.13. The van der Waals surface area contributed by atoms with Crippen LogP contribution in [0.5, 0.6) is 5.75 Å². The zero-order valence-corrected chi connectivity index (χ0v) is 13.9. The van der Waals surface area contributed by atoms with Crippen LogP contribution in [-0.2, 0) is 23.7 Å². The molecule has 1 aromatic carbocycles. The molecule has 136 valence electrons. The van der Waals surface area contributed by atoms with Crippen molar-refractivity contribution in [2.45, 2.75) is 0 Å². The minimum atomic E-state index is -0.575. The van der Waals surface area contributed by atoms with Gasteiger partial charge in [0.2, 0.25) is 0 Å². The van der Waals surface area contributed by atoms with Gasteiger partial charge in [0.05, 0.1) is 46.2 Å². The van der Waals surface area contributed by atoms with Crippen molar-refractivity contribution in [1.82, 2.24) is 0 Å². The summed E-state index contributed by atoms with van der Waals surface area (Å²) < 4.78 is 25.6. The lowest BCUT2D eigenvalue weighted by atomic mass is 10.3. The fourth-order valence-corrected chi connectivity index (χ4v) is 1.58. The average Bonchev–Trinajstić information content (AvgIpc) is 2.58. The maximum Gasteiger partial charge on any atom is 0.411 e. The maximum absolute atomic E-state index is 11.5. The summed E-state index contributed by atoms with van der Waals surface area (Å²) in [7, 11) is 1.62. The van der Waals surface area contributed by atoms with Gasteiger partial charge in [0.15, 0.2) is 0 Å². The number of phenolic OH excluding ortho intramolecular Hbond substituents is 1. The molecule has 0 aliphatic rings. The zero-order chi connectivity index (χ0) is 17.5. The summed E-state index contributed by atoms with van der Waals surface area (Å²) in [6, 6.07) is 6.09. The second kappa shape index (κ2) is 13.6. The summed E-state index contributed by atoms with van der Waals surface area (Å²) in [6.07, 6.45) is -0.575. The van der Waals surface area contributed by atoms with Crippen LogP contribution in [0, 0.1) is 0 Å². The maximum atomic E-state index is 11.5. The number of carbonyl (C=O) groups excluding carboxylic acids is 1. The Kier molecular flexibility index (Phi) is 11.4. The van der Waals surface area contributed by atoms with Crippen LogP contribution in [0.15, 0.2) is 24.3 Å². The van der Waals surface area contributed by atoms with E-state index < -0.39 is 6.09 Å². The van der Waals surface area contributed by atoms with Gasteiger partial charge in [-0.2, -0.15) is 0 Å². The summed E-state index contributed by atoms with van der Waals surface area (Å²) in [5.74, 6) is 0.131. The molecule has 0 saturated heterocycles. The molecule has 0 fully saturated rings. The van der Waals surface area contributed by atoms with Crippen LogP contribution in [0.2, 0.25) is 0 Å². The first-order chi connectivity index (χ1) is 11.7. The van der Waals surface area contributed by atoms with E-state index in [2.05, 4.69) is 5.32 Å². The Bertz CT molecular complexity index is 439. The third kappa shape index (κ3) is 10.8. The van der Waals surface area contributed by atoms with Crippen molar-refractivity contribution in [2.75, 3.05) is 65.3 Å². The van der Waals surface area contributed by atoms with Crippen LogP contribution in [0.4, 0.5) is 10.5 Å². The SMILES string of the molecule is COCCOCCOCCOCCOC(=O)Nc1ccc(O)cc1. The van der Waals surface area contributed by atoms with Crippen molar-refractivity contribution >= 4 is 11.8 Å². The van der Waals surface area contributed by atoms with Crippen molar-refractivity contribution < 1.29 is 33.6 Å². The first kappa shape index (κ1) is 20.2. The second-order valence-electron chi connectivity index (χ2n) is 4.64. The van der Waals surface area contributed by atoms with Gasteiger partial charge in [0, 0.05) is 12.8 Å². The van der Waals surface area contributed by atoms with E-state index in [-0.39, 0.29) is 19.0 Å². The molecule has 0 saturated carbocycles. The van der Waals surface area contributed by atoms with Gasteiger partial charge in [-0.15, -0.1) is 0 Å². The summed E-state index contributed by atoms with van der Waals surface area (Å²) in [6.45, 7) is 3.45. The van der Waals surface area contributed by atoms with E-state index in [0.29, 0.717) is 45.3 Å². The van der Waals surface area contributed by atoms with Crippen LogP contribution in [-0.4, -0.2) is 71.2 Å². The first-order valence-electron chi connectivity index (χ1n) is 7.67. The van der Waals surface area contributed by atoms with Gasteiger partial charge in [-0.3, -0.25) is 5.32 Å². The fourth-order valence-electron chi connectivity index (χ4n) is 1.58. The molecule has 8 heteroatoms. The van der Waals surface area contributed by atoms with Crippen LogP contribution in [0.3, 0.4) is 0 Å². The van der Waals surface area contributed by atoms with Crippen molar-refractivity contribution in [3.8, 4) is 5.75 Å². The molecule has 1 aromatic rings. The average molecular weight is 343 g/mol. The van der Waals surface area contributed by atoms with E-state index in [1.54, 1.807) is 19.2 Å². The van der Waals surface area contributed by atoms with Gasteiger partial charge in [0.25, 0.3) is 0 Å². The van der Waals surface area contributed by atoms with E-state index in [4.69, 9.17) is 28.8 Å². The number of nitrogens with one attached hydrogen (secondary N) is 1. The number of methoxy groups -OCH3 is 1. The Balaban J connectivity index is 1.87. The number of ether oxygens (including phenoxy) is 5.